The predicted octanol–water partition coefficient (Wildman–Crippen LogP) is 4.03. The number of thioether (sulfide) groups is 1. The molecule has 0 radical (unpaired) electrons. The first-order valence-corrected chi connectivity index (χ1v) is 6.98. The van der Waals surface area contributed by atoms with Crippen molar-refractivity contribution < 1.29 is 0 Å². The quantitative estimate of drug-likeness (QED) is 0.635. The largest absolute Gasteiger partial charge is 0.248 e. The lowest BCUT2D eigenvalue weighted by Crippen LogP contribution is -2.13. The number of hydrogen-bond donors (Lipinski definition) is 1. The molecule has 1 heterocycles. The van der Waals surface area contributed by atoms with Crippen LogP contribution in [0.4, 0.5) is 0 Å². The fourth-order valence-corrected chi connectivity index (χ4v) is 3.11. The lowest BCUT2D eigenvalue weighted by atomic mass is 10.0. The number of hydrogen-bond acceptors (Lipinski definition) is 3. The highest BCUT2D eigenvalue weighted by molar-refractivity contribution is 7.99. The molecule has 0 fully saturated rings. The zero-order chi connectivity index (χ0) is 11.3. The third-order valence-electron chi connectivity index (χ3n) is 2.32. The topological polar surface area (TPSA) is 12.9 Å². The minimum atomic E-state index is 0.635. The van der Waals surface area contributed by atoms with E-state index in [-0.39, 0.29) is 0 Å². The van der Waals surface area contributed by atoms with Gasteiger partial charge in [-0.25, -0.2) is 4.98 Å². The Morgan fingerprint density at radius 3 is 2.67 bits per heavy atom. The molecule has 0 N–H and O–H groups in total. The fraction of sp³-hybridized carbons (Fsp3) is 0.545. The standard InChI is InChI=1S/C11H16ClNS2/c1-8(2)9(6-14)7-15-11-4-3-10(12)5-13-11/h3-5,8-9,14H,6-7H2,1-2H3. The van der Waals surface area contributed by atoms with Gasteiger partial charge in [0.25, 0.3) is 0 Å². The molecule has 0 saturated carbocycles. The Hall–Kier alpha value is 0.140. The van der Waals surface area contributed by atoms with E-state index in [0.717, 1.165) is 16.5 Å². The molecule has 0 aliphatic carbocycles. The van der Waals surface area contributed by atoms with Gasteiger partial charge >= 0.3 is 0 Å². The Morgan fingerprint density at radius 1 is 1.47 bits per heavy atom. The molecule has 0 spiro atoms. The molecule has 15 heavy (non-hydrogen) atoms. The summed E-state index contributed by atoms with van der Waals surface area (Å²) in [7, 11) is 0. The number of aromatic nitrogens is 1. The predicted molar refractivity (Wildman–Crippen MR) is 72.2 cm³/mol. The van der Waals surface area contributed by atoms with Gasteiger partial charge in [-0.2, -0.15) is 12.6 Å². The molecule has 1 aromatic heterocycles. The van der Waals surface area contributed by atoms with Gasteiger partial charge in [-0.15, -0.1) is 11.8 Å². The molecular formula is C11H16ClNS2. The number of nitrogens with zero attached hydrogens (tertiary/aromatic N) is 1. The number of rotatable bonds is 5. The first-order chi connectivity index (χ1) is 7.13. The summed E-state index contributed by atoms with van der Waals surface area (Å²) in [5, 5.41) is 1.72. The van der Waals surface area contributed by atoms with Crippen LogP contribution in [0.2, 0.25) is 5.02 Å². The van der Waals surface area contributed by atoms with Crippen LogP contribution in [-0.4, -0.2) is 16.5 Å². The molecule has 0 amide bonds. The maximum atomic E-state index is 5.77. The Morgan fingerprint density at radius 2 is 2.20 bits per heavy atom. The molecule has 1 atom stereocenters. The summed E-state index contributed by atoms with van der Waals surface area (Å²) in [6, 6.07) is 3.84. The lowest BCUT2D eigenvalue weighted by Gasteiger charge is -2.17. The van der Waals surface area contributed by atoms with Crippen LogP contribution in [0.5, 0.6) is 0 Å². The SMILES string of the molecule is CC(C)C(CS)CSc1ccc(Cl)cn1. The van der Waals surface area contributed by atoms with Crippen LogP contribution in [0, 0.1) is 11.8 Å². The summed E-state index contributed by atoms with van der Waals surface area (Å²) in [6.07, 6.45) is 1.69. The van der Waals surface area contributed by atoms with Crippen molar-refractivity contribution in [3.63, 3.8) is 0 Å². The molecule has 1 unspecified atom stereocenters. The Bertz CT molecular complexity index is 287. The molecule has 0 aliphatic rings. The highest BCUT2D eigenvalue weighted by Gasteiger charge is 2.11. The molecule has 0 aromatic carbocycles. The van der Waals surface area contributed by atoms with E-state index in [1.807, 2.05) is 12.1 Å². The minimum absolute atomic E-state index is 0.635. The van der Waals surface area contributed by atoms with E-state index in [1.54, 1.807) is 18.0 Å². The molecule has 1 aromatic rings. The van der Waals surface area contributed by atoms with E-state index >= 15 is 0 Å². The fourth-order valence-electron chi connectivity index (χ4n) is 1.10. The van der Waals surface area contributed by atoms with Crippen LogP contribution in [0.15, 0.2) is 23.4 Å². The van der Waals surface area contributed by atoms with Gasteiger partial charge < -0.3 is 0 Å². The number of pyridine rings is 1. The van der Waals surface area contributed by atoms with Crippen molar-refractivity contribution in [1.29, 1.82) is 0 Å². The zero-order valence-corrected chi connectivity index (χ0v) is 11.4. The van der Waals surface area contributed by atoms with Gasteiger partial charge in [0.05, 0.1) is 10.0 Å². The van der Waals surface area contributed by atoms with Crippen molar-refractivity contribution in [1.82, 2.24) is 4.98 Å². The average molecular weight is 262 g/mol. The van der Waals surface area contributed by atoms with Crippen molar-refractivity contribution in [2.45, 2.75) is 18.9 Å². The van der Waals surface area contributed by atoms with E-state index in [2.05, 4.69) is 31.5 Å². The average Bonchev–Trinajstić information content (AvgIpc) is 2.21. The molecule has 0 bridgehead atoms. The number of thiol groups is 1. The minimum Gasteiger partial charge on any atom is -0.248 e. The van der Waals surface area contributed by atoms with Crippen molar-refractivity contribution >= 4 is 36.0 Å². The molecule has 84 valence electrons. The Labute approximate surface area is 106 Å². The van der Waals surface area contributed by atoms with E-state index in [9.17, 15) is 0 Å². The normalized spacial score (nSPS) is 13.1. The summed E-state index contributed by atoms with van der Waals surface area (Å²) >= 11 is 11.9. The van der Waals surface area contributed by atoms with Crippen molar-refractivity contribution in [2.24, 2.45) is 11.8 Å². The van der Waals surface area contributed by atoms with Gasteiger partial charge in [0.1, 0.15) is 0 Å². The van der Waals surface area contributed by atoms with E-state index in [0.29, 0.717) is 16.9 Å². The summed E-state index contributed by atoms with van der Waals surface area (Å²) in [5.74, 6) is 3.30. The zero-order valence-electron chi connectivity index (χ0n) is 8.98. The second-order valence-corrected chi connectivity index (χ2v) is 5.65. The van der Waals surface area contributed by atoms with Gasteiger partial charge in [-0.3, -0.25) is 0 Å². The molecule has 0 aliphatic heterocycles. The van der Waals surface area contributed by atoms with Crippen LogP contribution in [-0.2, 0) is 0 Å². The second-order valence-electron chi connectivity index (χ2n) is 3.81. The smallest absolute Gasteiger partial charge is 0.0961 e. The van der Waals surface area contributed by atoms with Crippen LogP contribution in [0.3, 0.4) is 0 Å². The summed E-state index contributed by atoms with van der Waals surface area (Å²) in [6.45, 7) is 4.47. The molecular weight excluding hydrogens is 246 g/mol. The third kappa shape index (κ3) is 4.66. The lowest BCUT2D eigenvalue weighted by molar-refractivity contribution is 0.473. The first kappa shape index (κ1) is 13.2. The maximum Gasteiger partial charge on any atom is 0.0961 e. The summed E-state index contributed by atoms with van der Waals surface area (Å²) < 4.78 is 0. The van der Waals surface area contributed by atoms with Crippen LogP contribution in [0.25, 0.3) is 0 Å². The van der Waals surface area contributed by atoms with Crippen molar-refractivity contribution in [3.8, 4) is 0 Å². The molecule has 4 heteroatoms. The van der Waals surface area contributed by atoms with E-state index in [4.69, 9.17) is 11.6 Å². The number of halogens is 1. The van der Waals surface area contributed by atoms with E-state index < -0.39 is 0 Å². The Balaban J connectivity index is 2.45. The van der Waals surface area contributed by atoms with Gasteiger partial charge in [-0.05, 0) is 29.7 Å². The Kier molecular flexibility index (Phi) is 5.87. The third-order valence-corrected chi connectivity index (χ3v) is 4.15. The summed E-state index contributed by atoms with van der Waals surface area (Å²) in [4.78, 5) is 4.25. The molecule has 0 saturated heterocycles. The van der Waals surface area contributed by atoms with Crippen molar-refractivity contribution in [3.05, 3.63) is 23.4 Å². The van der Waals surface area contributed by atoms with Crippen LogP contribution < -0.4 is 0 Å². The van der Waals surface area contributed by atoms with Crippen LogP contribution >= 0.6 is 36.0 Å². The molecule has 1 rings (SSSR count). The van der Waals surface area contributed by atoms with Crippen molar-refractivity contribution in [2.75, 3.05) is 11.5 Å². The monoisotopic (exact) mass is 261 g/mol. The van der Waals surface area contributed by atoms with E-state index in [1.165, 1.54) is 0 Å². The molecule has 1 nitrogen and oxygen atoms in total. The second kappa shape index (κ2) is 6.66. The van der Waals surface area contributed by atoms with Gasteiger partial charge in [0.15, 0.2) is 0 Å². The summed E-state index contributed by atoms with van der Waals surface area (Å²) in [5.41, 5.74) is 0. The first-order valence-electron chi connectivity index (χ1n) is 4.98. The van der Waals surface area contributed by atoms with Gasteiger partial charge in [0, 0.05) is 11.9 Å². The van der Waals surface area contributed by atoms with Crippen LogP contribution in [0.1, 0.15) is 13.8 Å². The highest BCUT2D eigenvalue weighted by atomic mass is 35.5. The highest BCUT2D eigenvalue weighted by Crippen LogP contribution is 2.24. The van der Waals surface area contributed by atoms with Gasteiger partial charge in [0.2, 0.25) is 0 Å². The van der Waals surface area contributed by atoms with Gasteiger partial charge in [-0.1, -0.05) is 25.4 Å². The maximum absolute atomic E-state index is 5.77.